The van der Waals surface area contributed by atoms with Gasteiger partial charge in [-0.05, 0) is 49.2 Å². The third kappa shape index (κ3) is 13.7. The first kappa shape index (κ1) is 45.9. The van der Waals surface area contributed by atoms with Crippen molar-refractivity contribution in [2.24, 2.45) is 0 Å². The molecule has 14 nitrogen and oxygen atoms in total. The second-order valence-electron chi connectivity index (χ2n) is 15.3. The lowest BCUT2D eigenvalue weighted by molar-refractivity contribution is -0.148. The van der Waals surface area contributed by atoms with Gasteiger partial charge in [0.05, 0.1) is 37.4 Å². The van der Waals surface area contributed by atoms with Crippen LogP contribution in [0.5, 0.6) is 0 Å². The van der Waals surface area contributed by atoms with E-state index in [-0.39, 0.29) is 50.0 Å². The highest BCUT2D eigenvalue weighted by atomic mass is 32.1. The van der Waals surface area contributed by atoms with Crippen LogP contribution in [0.1, 0.15) is 30.7 Å². The molecular formula is C47H57N7O7S. The molecular weight excluding hydrogens is 807 g/mol. The van der Waals surface area contributed by atoms with E-state index >= 15 is 0 Å². The van der Waals surface area contributed by atoms with Crippen LogP contribution in [-0.2, 0) is 48.0 Å². The average Bonchev–Trinajstić information content (AvgIpc) is 3.26. The minimum atomic E-state index is -0.866. The van der Waals surface area contributed by atoms with E-state index in [1.165, 1.54) is 11.3 Å². The van der Waals surface area contributed by atoms with Crippen molar-refractivity contribution in [2.45, 2.75) is 45.3 Å². The Kier molecular flexibility index (Phi) is 17.5. The molecule has 0 bridgehead atoms. The Bertz CT molecular complexity index is 2310. The molecule has 0 radical (unpaired) electrons. The highest BCUT2D eigenvalue weighted by Crippen LogP contribution is 2.23. The molecule has 15 heteroatoms. The molecule has 328 valence electrons. The zero-order valence-electron chi connectivity index (χ0n) is 35.6. The number of rotatable bonds is 16. The summed E-state index contributed by atoms with van der Waals surface area (Å²) >= 11 is 1.50. The van der Waals surface area contributed by atoms with Gasteiger partial charge in [-0.15, -0.1) is 11.3 Å². The zero-order chi connectivity index (χ0) is 43.7. The number of ether oxygens (including phenoxy) is 2. The van der Waals surface area contributed by atoms with Crippen LogP contribution < -0.4 is 21.4 Å². The molecule has 0 unspecified atom stereocenters. The maximum Gasteiger partial charge on any atom is 0.328 e. The van der Waals surface area contributed by atoms with Crippen LogP contribution >= 0.6 is 11.3 Å². The van der Waals surface area contributed by atoms with Gasteiger partial charge in [-0.2, -0.15) is 0 Å². The zero-order valence-corrected chi connectivity index (χ0v) is 36.4. The fraction of sp³-hybridized carbons (Fsp3) is 0.404. The monoisotopic (exact) mass is 863 g/mol. The highest BCUT2D eigenvalue weighted by Gasteiger charge is 2.26. The second kappa shape index (κ2) is 23.6. The van der Waals surface area contributed by atoms with Crippen molar-refractivity contribution in [3.05, 3.63) is 124 Å². The first-order valence-corrected chi connectivity index (χ1v) is 22.2. The lowest BCUT2D eigenvalue weighted by atomic mass is 10.1. The summed E-state index contributed by atoms with van der Waals surface area (Å²) in [6.45, 7) is 8.91. The van der Waals surface area contributed by atoms with Crippen LogP contribution in [-0.4, -0.2) is 134 Å². The molecule has 1 aliphatic rings. The van der Waals surface area contributed by atoms with Gasteiger partial charge in [0.25, 0.3) is 0 Å². The topological polar surface area (TPSA) is 163 Å². The third-order valence-corrected chi connectivity index (χ3v) is 11.8. The molecule has 3 heterocycles. The Labute approximate surface area is 366 Å². The van der Waals surface area contributed by atoms with Gasteiger partial charge < -0.3 is 25.4 Å². The van der Waals surface area contributed by atoms with Crippen molar-refractivity contribution in [3.8, 4) is 0 Å². The van der Waals surface area contributed by atoms with E-state index in [0.29, 0.717) is 80.9 Å². The maximum atomic E-state index is 13.8. The molecule has 6 rings (SSSR count). The Morgan fingerprint density at radius 3 is 1.71 bits per heavy atom. The quantitative estimate of drug-likeness (QED) is 0.0982. The summed E-state index contributed by atoms with van der Waals surface area (Å²) in [6.07, 6.45) is 0.588. The molecule has 0 aliphatic carbocycles. The molecule has 2 aromatic heterocycles. The number of benzene rings is 3. The van der Waals surface area contributed by atoms with Crippen LogP contribution in [0.3, 0.4) is 0 Å². The van der Waals surface area contributed by atoms with Crippen molar-refractivity contribution < 1.29 is 28.7 Å². The van der Waals surface area contributed by atoms with Gasteiger partial charge in [-0.3, -0.25) is 29.1 Å². The molecule has 0 spiro atoms. The Balaban J connectivity index is 1.17. The molecule has 5 aromatic rings. The number of carbonyl (C=O) groups excluding carboxylic acids is 4. The average molecular weight is 864 g/mol. The number of hydrogen-bond donors (Lipinski definition) is 3. The maximum absolute atomic E-state index is 13.8. The van der Waals surface area contributed by atoms with Crippen molar-refractivity contribution in [1.82, 2.24) is 35.6 Å². The minimum Gasteiger partial charge on any atom is -0.464 e. The Hall–Kier alpha value is -5.58. The largest absolute Gasteiger partial charge is 0.464 e. The Morgan fingerprint density at radius 2 is 1.15 bits per heavy atom. The number of hydrogen-bond acceptors (Lipinski definition) is 13. The van der Waals surface area contributed by atoms with Crippen LogP contribution in [0, 0.1) is 0 Å². The fourth-order valence-electron chi connectivity index (χ4n) is 7.47. The summed E-state index contributed by atoms with van der Waals surface area (Å²) in [5.41, 5.74) is 2.61. The molecule has 0 saturated carbocycles. The van der Waals surface area contributed by atoms with E-state index in [1.54, 1.807) is 13.8 Å². The van der Waals surface area contributed by atoms with E-state index in [0.717, 1.165) is 21.5 Å². The van der Waals surface area contributed by atoms with Gasteiger partial charge in [-0.1, -0.05) is 72.8 Å². The Morgan fingerprint density at radius 1 is 0.645 bits per heavy atom. The summed E-state index contributed by atoms with van der Waals surface area (Å²) in [7, 11) is 0. The van der Waals surface area contributed by atoms with E-state index in [4.69, 9.17) is 14.5 Å². The fourth-order valence-corrected chi connectivity index (χ4v) is 8.53. The number of nitrogens with zero attached hydrogens (tertiary/aromatic N) is 4. The summed E-state index contributed by atoms with van der Waals surface area (Å²) < 4.78 is 11.6. The standard InChI is InChI=1S/C47H57N7O7S/c1-3-60-46(58)39(29-34-13-7-5-8-14-34)50-42(55)32-53-24-22-48-21-23-52(31-36-19-20-38-44(57)37-17-11-12-18-41(37)62-45(38)49-36)25-27-54(28-26-53)33-43(56)51-40(47(59)61-4-2)30-35-15-9-6-10-16-35/h5-20,39-40,48H,3-4,21-33H2,1-2H3,(H,50,55)(H,51,56)/t39-,40-/m0/s1. The third-order valence-electron chi connectivity index (χ3n) is 10.7. The molecule has 2 atom stereocenters. The van der Waals surface area contributed by atoms with E-state index in [9.17, 15) is 24.0 Å². The summed E-state index contributed by atoms with van der Waals surface area (Å²) in [6, 6.07) is 28.6. The number of carbonyl (C=O) groups is 4. The molecule has 3 aromatic carbocycles. The van der Waals surface area contributed by atoms with Crippen LogP contribution in [0.4, 0.5) is 0 Å². The van der Waals surface area contributed by atoms with Crippen molar-refractivity contribution in [3.63, 3.8) is 0 Å². The number of esters is 2. The molecule has 1 aliphatic heterocycles. The minimum absolute atomic E-state index is 0.00802. The van der Waals surface area contributed by atoms with Gasteiger partial charge in [-0.25, -0.2) is 14.6 Å². The van der Waals surface area contributed by atoms with E-state index < -0.39 is 24.0 Å². The molecule has 2 amide bonds. The molecule has 62 heavy (non-hydrogen) atoms. The SMILES string of the molecule is CCOC(=O)[C@H](Cc1ccccc1)NC(=O)CN1CCNCCN(Cc2ccc3c(=O)c4ccccc4sc3n2)CCN(CC(=O)N[C@@H](Cc2ccccc2)C(=O)OCC)CC1. The molecule has 3 N–H and O–H groups in total. The van der Waals surface area contributed by atoms with Gasteiger partial charge in [0.2, 0.25) is 11.8 Å². The second-order valence-corrected chi connectivity index (χ2v) is 16.3. The number of fused-ring (bicyclic) bond motifs is 2. The normalized spacial score (nSPS) is 15.8. The molecule has 1 saturated heterocycles. The van der Waals surface area contributed by atoms with E-state index in [2.05, 4.69) is 20.9 Å². The van der Waals surface area contributed by atoms with Crippen LogP contribution in [0.2, 0.25) is 0 Å². The van der Waals surface area contributed by atoms with Crippen molar-refractivity contribution in [2.75, 3.05) is 78.7 Å². The van der Waals surface area contributed by atoms with Gasteiger partial charge in [0.1, 0.15) is 16.9 Å². The van der Waals surface area contributed by atoms with Gasteiger partial charge in [0, 0.05) is 81.8 Å². The van der Waals surface area contributed by atoms with Crippen molar-refractivity contribution >= 4 is 55.4 Å². The highest BCUT2D eigenvalue weighted by molar-refractivity contribution is 7.24. The first-order valence-electron chi connectivity index (χ1n) is 21.4. The number of pyridine rings is 1. The summed E-state index contributed by atoms with van der Waals surface area (Å²) in [5.74, 6) is -1.61. The van der Waals surface area contributed by atoms with Crippen LogP contribution in [0.25, 0.3) is 20.3 Å². The summed E-state index contributed by atoms with van der Waals surface area (Å²) in [5, 5.41) is 10.7. The van der Waals surface area contributed by atoms with Gasteiger partial charge >= 0.3 is 11.9 Å². The lowest BCUT2D eigenvalue weighted by Gasteiger charge is -2.31. The number of amides is 2. The smallest absolute Gasteiger partial charge is 0.328 e. The lowest BCUT2D eigenvalue weighted by Crippen LogP contribution is -2.52. The van der Waals surface area contributed by atoms with Crippen molar-refractivity contribution in [1.29, 1.82) is 0 Å². The molecule has 1 fully saturated rings. The summed E-state index contributed by atoms with van der Waals surface area (Å²) in [4.78, 5) is 78.6. The predicted octanol–water partition coefficient (Wildman–Crippen LogP) is 3.40. The van der Waals surface area contributed by atoms with Crippen LogP contribution in [0.15, 0.2) is 102 Å². The predicted molar refractivity (Wildman–Crippen MR) is 242 cm³/mol. The number of nitrogens with one attached hydrogen (secondary N) is 3. The first-order chi connectivity index (χ1) is 30.2. The van der Waals surface area contributed by atoms with Gasteiger partial charge in [0.15, 0.2) is 5.43 Å². The number of aromatic nitrogens is 1. The van der Waals surface area contributed by atoms with E-state index in [1.807, 2.05) is 107 Å².